The van der Waals surface area contributed by atoms with Crippen molar-refractivity contribution < 1.29 is 18.8 Å². The van der Waals surface area contributed by atoms with Gasteiger partial charge in [0.25, 0.3) is 5.91 Å². The third-order valence-electron chi connectivity index (χ3n) is 5.09. The number of amides is 4. The standard InChI is InChI=1S/C21H21ClFN3O3/c1-3-21(14-8-10-15(23)11-9-14)19(28)26(20(29)25-21)12-18(27)24-13(2)16-6-4-5-7-17(16)22/h4-11,13H,3,12H2,1-2H3,(H,24,27)(H,25,29)/t13-,21+/m1/s1. The van der Waals surface area contributed by atoms with Crippen molar-refractivity contribution in [3.05, 3.63) is 70.5 Å². The summed E-state index contributed by atoms with van der Waals surface area (Å²) in [4.78, 5) is 38.9. The Morgan fingerprint density at radius 1 is 1.21 bits per heavy atom. The van der Waals surface area contributed by atoms with E-state index < -0.39 is 41.8 Å². The van der Waals surface area contributed by atoms with Gasteiger partial charge in [0.1, 0.15) is 17.9 Å². The summed E-state index contributed by atoms with van der Waals surface area (Å²) in [6.07, 6.45) is 0.261. The molecule has 1 saturated heterocycles. The molecule has 0 aliphatic carbocycles. The van der Waals surface area contributed by atoms with Crippen LogP contribution in [0.5, 0.6) is 0 Å². The third-order valence-corrected chi connectivity index (χ3v) is 5.44. The summed E-state index contributed by atoms with van der Waals surface area (Å²) in [5.74, 6) is -1.48. The fraction of sp³-hybridized carbons (Fsp3) is 0.286. The van der Waals surface area contributed by atoms with Gasteiger partial charge in [0.15, 0.2) is 0 Å². The lowest BCUT2D eigenvalue weighted by Gasteiger charge is -2.25. The second kappa shape index (κ2) is 8.21. The van der Waals surface area contributed by atoms with Crippen LogP contribution in [-0.2, 0) is 15.1 Å². The van der Waals surface area contributed by atoms with Crippen LogP contribution in [0.25, 0.3) is 0 Å². The topological polar surface area (TPSA) is 78.5 Å². The molecule has 152 valence electrons. The summed E-state index contributed by atoms with van der Waals surface area (Å²) in [7, 11) is 0. The highest BCUT2D eigenvalue weighted by Gasteiger charge is 2.51. The first kappa shape index (κ1) is 20.8. The molecule has 6 nitrogen and oxygen atoms in total. The van der Waals surface area contributed by atoms with Crippen molar-refractivity contribution in [1.29, 1.82) is 0 Å². The highest BCUT2D eigenvalue weighted by molar-refractivity contribution is 6.31. The Hall–Kier alpha value is -2.93. The van der Waals surface area contributed by atoms with Crippen LogP contribution >= 0.6 is 11.6 Å². The van der Waals surface area contributed by atoms with E-state index in [1.165, 1.54) is 24.3 Å². The summed E-state index contributed by atoms with van der Waals surface area (Å²) < 4.78 is 13.3. The Morgan fingerprint density at radius 2 is 1.86 bits per heavy atom. The van der Waals surface area contributed by atoms with E-state index in [2.05, 4.69) is 10.6 Å². The van der Waals surface area contributed by atoms with Gasteiger partial charge >= 0.3 is 6.03 Å². The van der Waals surface area contributed by atoms with Crippen LogP contribution < -0.4 is 10.6 Å². The Bertz CT molecular complexity index is 950. The molecule has 0 spiro atoms. The van der Waals surface area contributed by atoms with E-state index in [0.29, 0.717) is 10.6 Å². The number of hydrogen-bond acceptors (Lipinski definition) is 3. The Labute approximate surface area is 173 Å². The van der Waals surface area contributed by atoms with Gasteiger partial charge in [-0.1, -0.05) is 48.9 Å². The van der Waals surface area contributed by atoms with Gasteiger partial charge in [-0.15, -0.1) is 0 Å². The first-order valence-electron chi connectivity index (χ1n) is 9.22. The fourth-order valence-electron chi connectivity index (χ4n) is 3.48. The zero-order valence-corrected chi connectivity index (χ0v) is 16.8. The second-order valence-corrected chi connectivity index (χ2v) is 7.31. The van der Waals surface area contributed by atoms with Gasteiger partial charge in [0.05, 0.1) is 6.04 Å². The van der Waals surface area contributed by atoms with Gasteiger partial charge in [-0.25, -0.2) is 9.18 Å². The van der Waals surface area contributed by atoms with Gasteiger partial charge in [-0.3, -0.25) is 14.5 Å². The molecule has 2 aromatic rings. The van der Waals surface area contributed by atoms with Crippen molar-refractivity contribution in [3.63, 3.8) is 0 Å². The number of hydrogen-bond donors (Lipinski definition) is 2. The number of rotatable bonds is 6. The van der Waals surface area contributed by atoms with Crippen LogP contribution in [0.1, 0.15) is 37.4 Å². The molecule has 29 heavy (non-hydrogen) atoms. The predicted molar refractivity (Wildman–Crippen MR) is 107 cm³/mol. The zero-order chi connectivity index (χ0) is 21.2. The molecule has 2 aromatic carbocycles. The molecule has 1 heterocycles. The molecule has 0 saturated carbocycles. The van der Waals surface area contributed by atoms with Crippen LogP contribution in [0, 0.1) is 5.82 Å². The fourth-order valence-corrected chi connectivity index (χ4v) is 3.78. The van der Waals surface area contributed by atoms with Gasteiger partial charge in [-0.2, -0.15) is 0 Å². The second-order valence-electron chi connectivity index (χ2n) is 6.90. The average Bonchev–Trinajstić information content (AvgIpc) is 2.94. The maximum atomic E-state index is 13.3. The molecule has 1 aliphatic heterocycles. The molecule has 0 bridgehead atoms. The minimum Gasteiger partial charge on any atom is -0.348 e. The maximum Gasteiger partial charge on any atom is 0.325 e. The van der Waals surface area contributed by atoms with Crippen molar-refractivity contribution in [3.8, 4) is 0 Å². The van der Waals surface area contributed by atoms with E-state index in [-0.39, 0.29) is 6.42 Å². The van der Waals surface area contributed by atoms with Crippen molar-refractivity contribution in [1.82, 2.24) is 15.5 Å². The van der Waals surface area contributed by atoms with Crippen molar-refractivity contribution in [2.24, 2.45) is 0 Å². The summed E-state index contributed by atoms with van der Waals surface area (Å²) in [6.45, 7) is 3.08. The molecule has 2 N–H and O–H groups in total. The van der Waals surface area contributed by atoms with Gasteiger partial charge in [0, 0.05) is 5.02 Å². The molecule has 4 amide bonds. The zero-order valence-electron chi connectivity index (χ0n) is 16.0. The van der Waals surface area contributed by atoms with Gasteiger partial charge in [0.2, 0.25) is 5.91 Å². The number of benzene rings is 2. The van der Waals surface area contributed by atoms with Crippen LogP contribution in [-0.4, -0.2) is 29.3 Å². The lowest BCUT2D eigenvalue weighted by Crippen LogP contribution is -2.45. The van der Waals surface area contributed by atoms with Crippen LogP contribution in [0.2, 0.25) is 5.02 Å². The van der Waals surface area contributed by atoms with Crippen molar-refractivity contribution >= 4 is 29.4 Å². The number of nitrogens with one attached hydrogen (secondary N) is 2. The van der Waals surface area contributed by atoms with Crippen LogP contribution in [0.3, 0.4) is 0 Å². The molecular formula is C21H21ClFN3O3. The lowest BCUT2D eigenvalue weighted by molar-refractivity contribution is -0.135. The highest BCUT2D eigenvalue weighted by Crippen LogP contribution is 2.32. The molecule has 3 rings (SSSR count). The summed E-state index contributed by atoms with van der Waals surface area (Å²) in [5.41, 5.74) is -0.125. The van der Waals surface area contributed by atoms with E-state index in [1.54, 1.807) is 38.1 Å². The lowest BCUT2D eigenvalue weighted by atomic mass is 9.87. The first-order valence-corrected chi connectivity index (χ1v) is 9.60. The van der Waals surface area contributed by atoms with Crippen LogP contribution in [0.15, 0.2) is 48.5 Å². The Balaban J connectivity index is 1.75. The molecule has 1 aliphatic rings. The van der Waals surface area contributed by atoms with E-state index in [0.717, 1.165) is 10.5 Å². The Morgan fingerprint density at radius 3 is 2.48 bits per heavy atom. The summed E-state index contributed by atoms with van der Waals surface area (Å²) in [5, 5.41) is 5.93. The predicted octanol–water partition coefficient (Wildman–Crippen LogP) is 3.51. The van der Waals surface area contributed by atoms with Crippen molar-refractivity contribution in [2.75, 3.05) is 6.54 Å². The molecular weight excluding hydrogens is 397 g/mol. The molecule has 0 radical (unpaired) electrons. The molecule has 0 unspecified atom stereocenters. The van der Waals surface area contributed by atoms with Crippen LogP contribution in [0.4, 0.5) is 9.18 Å². The number of urea groups is 1. The summed E-state index contributed by atoms with van der Waals surface area (Å²) >= 11 is 6.15. The average molecular weight is 418 g/mol. The molecule has 8 heteroatoms. The normalized spacial score (nSPS) is 19.8. The minimum atomic E-state index is -1.32. The van der Waals surface area contributed by atoms with Gasteiger partial charge < -0.3 is 10.6 Å². The minimum absolute atomic E-state index is 0.261. The molecule has 0 aromatic heterocycles. The number of nitrogens with zero attached hydrogens (tertiary/aromatic N) is 1. The highest BCUT2D eigenvalue weighted by atomic mass is 35.5. The van der Waals surface area contributed by atoms with E-state index in [9.17, 15) is 18.8 Å². The summed E-state index contributed by atoms with van der Waals surface area (Å²) in [6, 6.07) is 11.4. The SMILES string of the molecule is CC[C@@]1(c2ccc(F)cc2)NC(=O)N(CC(=O)N[C@H](C)c2ccccc2Cl)C1=O. The smallest absolute Gasteiger partial charge is 0.325 e. The van der Waals surface area contributed by atoms with E-state index >= 15 is 0 Å². The number of halogens is 2. The van der Waals surface area contributed by atoms with Crippen molar-refractivity contribution in [2.45, 2.75) is 31.8 Å². The van der Waals surface area contributed by atoms with Gasteiger partial charge in [-0.05, 0) is 42.7 Å². The molecule has 2 atom stereocenters. The number of carbonyl (C=O) groups is 3. The van der Waals surface area contributed by atoms with E-state index in [1.807, 2.05) is 0 Å². The number of imide groups is 1. The Kier molecular flexibility index (Phi) is 5.88. The molecule has 1 fully saturated rings. The maximum absolute atomic E-state index is 13.3. The number of carbonyl (C=O) groups excluding carboxylic acids is 3. The quantitative estimate of drug-likeness (QED) is 0.706. The monoisotopic (exact) mass is 417 g/mol. The first-order chi connectivity index (χ1) is 13.8. The largest absolute Gasteiger partial charge is 0.348 e. The third kappa shape index (κ3) is 3.96. The van der Waals surface area contributed by atoms with E-state index in [4.69, 9.17) is 11.6 Å².